The van der Waals surface area contributed by atoms with E-state index in [0.717, 1.165) is 0 Å². The molecule has 166 valence electrons. The van der Waals surface area contributed by atoms with Gasteiger partial charge in [-0.3, -0.25) is 4.79 Å². The first kappa shape index (κ1) is 20.5. The first-order valence-corrected chi connectivity index (χ1v) is 10.2. The van der Waals surface area contributed by atoms with Crippen molar-refractivity contribution in [2.45, 2.75) is 24.2 Å². The second kappa shape index (κ2) is 7.92. The summed E-state index contributed by atoms with van der Waals surface area (Å²) in [5.41, 5.74) is 0.235. The van der Waals surface area contributed by atoms with Crippen molar-refractivity contribution in [1.29, 1.82) is 0 Å². The molecule has 5 heterocycles. The lowest BCUT2D eigenvalue weighted by atomic mass is 9.98. The maximum absolute atomic E-state index is 13.8. The Hall–Kier alpha value is -3.44. The molecule has 11 heteroatoms. The van der Waals surface area contributed by atoms with Crippen LogP contribution in [0.25, 0.3) is 22.8 Å². The average molecular weight is 440 g/mol. The third kappa shape index (κ3) is 3.59. The number of aromatic nitrogens is 4. The maximum Gasteiger partial charge on any atom is 0.262 e. The number of nitrogens with zero attached hydrogens (tertiary/aromatic N) is 5. The van der Waals surface area contributed by atoms with E-state index >= 15 is 0 Å². The average Bonchev–Trinajstić information content (AvgIpc) is 3.52. The summed E-state index contributed by atoms with van der Waals surface area (Å²) in [5, 5.41) is 17.7. The standard InChI is InChI=1S/C21H21FN6O4/c1-28-8-6-21(30,19(28)29)18-9-16(27-32-18)14-4-2-3-13(24-14)15-5-7-23-20(25-15)26-17-11-31-10-12(17)22/h2-5,7,9,12,17,30H,6,8,10-11H2,1H3,(H,23,25,26)/t12-,17?,21+/m0/s1. The molecule has 2 aliphatic heterocycles. The molecule has 5 rings (SSSR count). The molecule has 0 aromatic carbocycles. The Morgan fingerprint density at radius 3 is 2.69 bits per heavy atom. The SMILES string of the molecule is CN1CC[C@@](O)(c2cc(-c3cccc(-c4ccnc(NC5COC[C@@H]5F)n4)n3)no2)C1=O. The van der Waals surface area contributed by atoms with Gasteiger partial charge in [0.2, 0.25) is 11.5 Å². The summed E-state index contributed by atoms with van der Waals surface area (Å²) < 4.78 is 24.2. The molecule has 2 aliphatic rings. The van der Waals surface area contributed by atoms with Crippen LogP contribution in [0.5, 0.6) is 0 Å². The minimum Gasteiger partial charge on any atom is -0.376 e. The zero-order valence-electron chi connectivity index (χ0n) is 17.2. The minimum atomic E-state index is -1.72. The van der Waals surface area contributed by atoms with Crippen LogP contribution >= 0.6 is 0 Å². The molecule has 2 saturated heterocycles. The smallest absolute Gasteiger partial charge is 0.262 e. The van der Waals surface area contributed by atoms with Crippen molar-refractivity contribution in [2.75, 3.05) is 32.1 Å². The molecule has 0 bridgehead atoms. The monoisotopic (exact) mass is 440 g/mol. The summed E-state index contributed by atoms with van der Waals surface area (Å²) >= 11 is 0. The van der Waals surface area contributed by atoms with Crippen LogP contribution in [-0.2, 0) is 15.1 Å². The van der Waals surface area contributed by atoms with Gasteiger partial charge in [-0.25, -0.2) is 19.3 Å². The Morgan fingerprint density at radius 1 is 1.19 bits per heavy atom. The Balaban J connectivity index is 1.40. The van der Waals surface area contributed by atoms with Crippen LogP contribution < -0.4 is 5.32 Å². The second-order valence-electron chi connectivity index (χ2n) is 7.89. The first-order chi connectivity index (χ1) is 15.4. The molecule has 2 fully saturated rings. The highest BCUT2D eigenvalue weighted by molar-refractivity contribution is 5.87. The largest absolute Gasteiger partial charge is 0.376 e. The highest BCUT2D eigenvalue weighted by Crippen LogP contribution is 2.34. The van der Waals surface area contributed by atoms with Gasteiger partial charge in [0.1, 0.15) is 11.9 Å². The molecule has 10 nitrogen and oxygen atoms in total. The summed E-state index contributed by atoms with van der Waals surface area (Å²) in [5.74, 6) is -0.0593. The molecule has 1 amide bonds. The van der Waals surface area contributed by atoms with Crippen molar-refractivity contribution in [3.05, 3.63) is 42.3 Å². The molecule has 1 unspecified atom stereocenters. The number of nitrogens with one attached hydrogen (secondary N) is 1. The summed E-state index contributed by atoms with van der Waals surface area (Å²) in [4.78, 5) is 26.9. The Kier molecular flexibility index (Phi) is 5.06. The van der Waals surface area contributed by atoms with E-state index in [4.69, 9.17) is 9.26 Å². The van der Waals surface area contributed by atoms with E-state index in [1.165, 1.54) is 11.0 Å². The van der Waals surface area contributed by atoms with Crippen LogP contribution in [0.1, 0.15) is 12.2 Å². The van der Waals surface area contributed by atoms with Gasteiger partial charge in [-0.2, -0.15) is 0 Å². The number of amides is 1. The third-order valence-corrected chi connectivity index (χ3v) is 5.68. The van der Waals surface area contributed by atoms with Gasteiger partial charge in [-0.1, -0.05) is 11.2 Å². The number of pyridine rings is 1. The van der Waals surface area contributed by atoms with Gasteiger partial charge in [0, 0.05) is 32.3 Å². The van der Waals surface area contributed by atoms with Crippen LogP contribution in [0.15, 0.2) is 41.1 Å². The summed E-state index contributed by atoms with van der Waals surface area (Å²) in [6.07, 6.45) is 0.674. The molecule has 3 aromatic heterocycles. The lowest BCUT2D eigenvalue weighted by molar-refractivity contribution is -0.144. The number of likely N-dealkylation sites (N-methyl/N-ethyl adjacent to an activating group) is 1. The topological polar surface area (TPSA) is 126 Å². The number of anilines is 1. The fraction of sp³-hybridized carbons (Fsp3) is 0.381. The number of halogens is 1. The van der Waals surface area contributed by atoms with E-state index in [1.807, 2.05) is 0 Å². The van der Waals surface area contributed by atoms with Crippen molar-refractivity contribution in [3.8, 4) is 22.8 Å². The van der Waals surface area contributed by atoms with Gasteiger partial charge in [0.05, 0.1) is 36.3 Å². The Bertz CT molecular complexity index is 1160. The molecule has 0 aliphatic carbocycles. The normalized spacial score (nSPS) is 25.5. The van der Waals surface area contributed by atoms with Gasteiger partial charge >= 0.3 is 0 Å². The van der Waals surface area contributed by atoms with Crippen molar-refractivity contribution < 1.29 is 23.6 Å². The number of carbonyl (C=O) groups is 1. The number of carbonyl (C=O) groups excluding carboxylic acids is 1. The summed E-state index contributed by atoms with van der Waals surface area (Å²) in [6.45, 7) is 0.735. The first-order valence-electron chi connectivity index (χ1n) is 10.2. The molecule has 32 heavy (non-hydrogen) atoms. The summed E-state index contributed by atoms with van der Waals surface area (Å²) in [7, 11) is 1.63. The highest BCUT2D eigenvalue weighted by atomic mass is 19.1. The van der Waals surface area contributed by atoms with Gasteiger partial charge in [-0.05, 0) is 18.2 Å². The number of rotatable bonds is 5. The van der Waals surface area contributed by atoms with Crippen molar-refractivity contribution in [1.82, 2.24) is 25.0 Å². The van der Waals surface area contributed by atoms with E-state index in [9.17, 15) is 14.3 Å². The van der Waals surface area contributed by atoms with Crippen molar-refractivity contribution in [3.63, 3.8) is 0 Å². The van der Waals surface area contributed by atoms with Gasteiger partial charge < -0.3 is 24.6 Å². The number of hydrogen-bond donors (Lipinski definition) is 2. The third-order valence-electron chi connectivity index (χ3n) is 5.68. The van der Waals surface area contributed by atoms with E-state index in [-0.39, 0.29) is 31.3 Å². The van der Waals surface area contributed by atoms with Crippen LogP contribution in [-0.4, -0.2) is 75.0 Å². The van der Waals surface area contributed by atoms with Crippen LogP contribution in [0.3, 0.4) is 0 Å². The van der Waals surface area contributed by atoms with Crippen LogP contribution in [0.2, 0.25) is 0 Å². The number of ether oxygens (including phenoxy) is 1. The van der Waals surface area contributed by atoms with E-state index in [1.54, 1.807) is 37.5 Å². The van der Waals surface area contributed by atoms with Crippen LogP contribution in [0, 0.1) is 0 Å². The molecule has 0 saturated carbocycles. The zero-order valence-corrected chi connectivity index (χ0v) is 17.2. The number of likely N-dealkylation sites (tertiary alicyclic amines) is 1. The highest BCUT2D eigenvalue weighted by Gasteiger charge is 2.48. The van der Waals surface area contributed by atoms with E-state index in [0.29, 0.717) is 29.3 Å². The second-order valence-corrected chi connectivity index (χ2v) is 7.89. The van der Waals surface area contributed by atoms with Crippen molar-refractivity contribution >= 4 is 11.9 Å². The summed E-state index contributed by atoms with van der Waals surface area (Å²) in [6, 6.07) is 8.02. The molecule has 3 aromatic rings. The lowest BCUT2D eigenvalue weighted by Gasteiger charge is -2.16. The van der Waals surface area contributed by atoms with Crippen molar-refractivity contribution in [2.24, 2.45) is 0 Å². The fourth-order valence-corrected chi connectivity index (χ4v) is 3.79. The quantitative estimate of drug-likeness (QED) is 0.605. The number of hydrogen-bond acceptors (Lipinski definition) is 9. The van der Waals surface area contributed by atoms with E-state index < -0.39 is 23.7 Å². The van der Waals surface area contributed by atoms with E-state index in [2.05, 4.69) is 25.4 Å². The molecule has 2 N–H and O–H groups in total. The molecule has 0 radical (unpaired) electrons. The van der Waals surface area contributed by atoms with Gasteiger partial charge in [-0.15, -0.1) is 0 Å². The minimum absolute atomic E-state index is 0.0532. The molecule has 3 atom stereocenters. The van der Waals surface area contributed by atoms with Crippen LogP contribution in [0.4, 0.5) is 10.3 Å². The number of aliphatic hydroxyl groups is 1. The maximum atomic E-state index is 13.8. The molecular weight excluding hydrogens is 419 g/mol. The Morgan fingerprint density at radius 2 is 1.97 bits per heavy atom. The number of alkyl halides is 1. The zero-order chi connectivity index (χ0) is 22.3. The van der Waals surface area contributed by atoms with Gasteiger partial charge in [0.25, 0.3) is 5.91 Å². The predicted octanol–water partition coefficient (Wildman–Crippen LogP) is 1.39. The predicted molar refractivity (Wildman–Crippen MR) is 110 cm³/mol. The fourth-order valence-electron chi connectivity index (χ4n) is 3.79. The molecular formula is C21H21FN6O4. The lowest BCUT2D eigenvalue weighted by Crippen LogP contribution is -2.35. The molecule has 0 spiro atoms. The Labute approximate surface area is 182 Å². The van der Waals surface area contributed by atoms with Gasteiger partial charge in [0.15, 0.2) is 5.76 Å².